The molecule has 0 bridgehead atoms. The highest BCUT2D eigenvalue weighted by Gasteiger charge is 2.16. The summed E-state index contributed by atoms with van der Waals surface area (Å²) in [7, 11) is 0. The predicted octanol–water partition coefficient (Wildman–Crippen LogP) is 4.12. The van der Waals surface area contributed by atoms with E-state index in [4.69, 9.17) is 0 Å². The molecule has 1 aromatic heterocycles. The summed E-state index contributed by atoms with van der Waals surface area (Å²) < 4.78 is 0.864. The second-order valence-corrected chi connectivity index (χ2v) is 5.70. The number of unbranched alkanes of at least 4 members (excludes halogenated alkanes) is 2. The molecular weight excluding hydrogens is 262 g/mol. The molecule has 0 aliphatic rings. The van der Waals surface area contributed by atoms with Gasteiger partial charge in [0.1, 0.15) is 5.69 Å². The maximum atomic E-state index is 11.1. The highest BCUT2D eigenvalue weighted by atomic mass is 32.1. The van der Waals surface area contributed by atoms with E-state index in [-0.39, 0.29) is 10.6 Å². The Hall–Kier alpha value is -1.69. The van der Waals surface area contributed by atoms with Crippen LogP contribution in [0.2, 0.25) is 0 Å². The van der Waals surface area contributed by atoms with E-state index in [1.54, 1.807) is 12.1 Å². The fourth-order valence-electron chi connectivity index (χ4n) is 1.97. The lowest BCUT2D eigenvalue weighted by atomic mass is 10.2. The van der Waals surface area contributed by atoms with E-state index < -0.39 is 0 Å². The van der Waals surface area contributed by atoms with Crippen LogP contribution in [0.3, 0.4) is 0 Å². The number of nitro groups is 1. The Morgan fingerprint density at radius 1 is 1.42 bits per heavy atom. The van der Waals surface area contributed by atoms with Gasteiger partial charge in [0.25, 0.3) is 5.69 Å². The Kier molecular flexibility index (Phi) is 4.31. The van der Waals surface area contributed by atoms with Gasteiger partial charge in [0.05, 0.1) is 20.1 Å². The lowest BCUT2D eigenvalue weighted by Gasteiger charge is -2.06. The molecule has 0 spiro atoms. The molecule has 0 amide bonds. The van der Waals surface area contributed by atoms with Crippen molar-refractivity contribution in [2.75, 3.05) is 11.9 Å². The molecule has 5 nitrogen and oxygen atoms in total. The number of rotatable bonds is 6. The number of fused-ring (bicyclic) bond motifs is 1. The molecule has 0 radical (unpaired) electrons. The van der Waals surface area contributed by atoms with E-state index in [0.717, 1.165) is 41.0 Å². The number of thiazole rings is 1. The molecule has 0 unspecified atom stereocenters. The maximum Gasteiger partial charge on any atom is 0.293 e. The van der Waals surface area contributed by atoms with Crippen LogP contribution in [-0.2, 0) is 0 Å². The van der Waals surface area contributed by atoms with Crippen molar-refractivity contribution in [3.05, 3.63) is 27.3 Å². The number of nitrogens with one attached hydrogen (secondary N) is 1. The van der Waals surface area contributed by atoms with Gasteiger partial charge < -0.3 is 5.32 Å². The molecular formula is C13H17N3O2S. The molecule has 2 aromatic rings. The quantitative estimate of drug-likeness (QED) is 0.490. The molecule has 19 heavy (non-hydrogen) atoms. The van der Waals surface area contributed by atoms with Crippen LogP contribution in [0.1, 0.15) is 31.2 Å². The second kappa shape index (κ2) is 5.97. The van der Waals surface area contributed by atoms with Gasteiger partial charge in [-0.25, -0.2) is 4.98 Å². The largest absolute Gasteiger partial charge is 0.379 e. The minimum atomic E-state index is -0.337. The minimum Gasteiger partial charge on any atom is -0.379 e. The topological polar surface area (TPSA) is 68.1 Å². The third kappa shape index (κ3) is 3.20. The second-order valence-electron chi connectivity index (χ2n) is 4.46. The van der Waals surface area contributed by atoms with Crippen molar-refractivity contribution >= 4 is 32.9 Å². The third-order valence-electron chi connectivity index (χ3n) is 2.91. The number of nitro benzene ring substituents is 1. The molecule has 0 fully saturated rings. The SMILES string of the molecule is CCCCCNc1cc2nc(C)sc2cc1[N+](=O)[O-]. The highest BCUT2D eigenvalue weighted by Crippen LogP contribution is 2.32. The molecule has 1 N–H and O–H groups in total. The fraction of sp³-hybridized carbons (Fsp3) is 0.462. The fourth-order valence-corrected chi connectivity index (χ4v) is 2.81. The van der Waals surface area contributed by atoms with Crippen molar-refractivity contribution in [2.24, 2.45) is 0 Å². The van der Waals surface area contributed by atoms with Crippen LogP contribution in [0.5, 0.6) is 0 Å². The minimum absolute atomic E-state index is 0.132. The zero-order chi connectivity index (χ0) is 13.8. The summed E-state index contributed by atoms with van der Waals surface area (Å²) >= 11 is 1.48. The summed E-state index contributed by atoms with van der Waals surface area (Å²) in [6.07, 6.45) is 3.27. The summed E-state index contributed by atoms with van der Waals surface area (Å²) in [6, 6.07) is 3.39. The van der Waals surface area contributed by atoms with E-state index in [1.807, 2.05) is 6.92 Å². The molecule has 1 aromatic carbocycles. The molecule has 0 aliphatic heterocycles. The van der Waals surface area contributed by atoms with Crippen molar-refractivity contribution in [2.45, 2.75) is 33.1 Å². The average molecular weight is 279 g/mol. The van der Waals surface area contributed by atoms with Crippen molar-refractivity contribution < 1.29 is 4.92 Å². The van der Waals surface area contributed by atoms with Crippen LogP contribution in [0.4, 0.5) is 11.4 Å². The maximum absolute atomic E-state index is 11.1. The zero-order valence-electron chi connectivity index (χ0n) is 11.1. The Balaban J connectivity index is 2.28. The standard InChI is InChI=1S/C13H17N3O2S/c1-3-4-5-6-14-10-7-11-13(19-9(2)15-11)8-12(10)16(17)18/h7-8,14H,3-6H2,1-2H3. The van der Waals surface area contributed by atoms with Crippen LogP contribution in [-0.4, -0.2) is 16.5 Å². The first kappa shape index (κ1) is 13.7. The van der Waals surface area contributed by atoms with E-state index >= 15 is 0 Å². The van der Waals surface area contributed by atoms with Gasteiger partial charge in [0, 0.05) is 12.6 Å². The van der Waals surface area contributed by atoms with E-state index in [1.165, 1.54) is 11.3 Å². The van der Waals surface area contributed by atoms with Crippen LogP contribution >= 0.6 is 11.3 Å². The number of hydrogen-bond acceptors (Lipinski definition) is 5. The molecule has 0 aliphatic carbocycles. The van der Waals surface area contributed by atoms with Gasteiger partial charge in [0.15, 0.2) is 0 Å². The molecule has 102 valence electrons. The number of anilines is 1. The summed E-state index contributed by atoms with van der Waals surface area (Å²) in [5, 5.41) is 15.2. The summed E-state index contributed by atoms with van der Waals surface area (Å²) in [4.78, 5) is 15.1. The van der Waals surface area contributed by atoms with Gasteiger partial charge in [-0.2, -0.15) is 0 Å². The molecule has 6 heteroatoms. The Labute approximate surface area is 115 Å². The van der Waals surface area contributed by atoms with Gasteiger partial charge >= 0.3 is 0 Å². The van der Waals surface area contributed by atoms with Crippen LogP contribution in [0, 0.1) is 17.0 Å². The van der Waals surface area contributed by atoms with Gasteiger partial charge in [-0.15, -0.1) is 11.3 Å². The van der Waals surface area contributed by atoms with Crippen LogP contribution in [0.25, 0.3) is 10.2 Å². The first-order valence-electron chi connectivity index (χ1n) is 6.41. The third-order valence-corrected chi connectivity index (χ3v) is 3.84. The monoisotopic (exact) mass is 279 g/mol. The summed E-state index contributed by atoms with van der Waals surface area (Å²) in [5.41, 5.74) is 1.53. The van der Waals surface area contributed by atoms with Gasteiger partial charge in [-0.1, -0.05) is 19.8 Å². The molecule has 0 saturated carbocycles. The Morgan fingerprint density at radius 2 is 2.21 bits per heavy atom. The van der Waals surface area contributed by atoms with Gasteiger partial charge in [0.2, 0.25) is 0 Å². The summed E-state index contributed by atoms with van der Waals surface area (Å²) in [6.45, 7) is 4.79. The molecule has 2 rings (SSSR count). The van der Waals surface area contributed by atoms with Gasteiger partial charge in [-0.3, -0.25) is 10.1 Å². The van der Waals surface area contributed by atoms with Crippen molar-refractivity contribution in [1.29, 1.82) is 0 Å². The predicted molar refractivity (Wildman–Crippen MR) is 79.0 cm³/mol. The van der Waals surface area contributed by atoms with Crippen LogP contribution < -0.4 is 5.32 Å². The molecule has 0 atom stereocenters. The van der Waals surface area contributed by atoms with E-state index in [0.29, 0.717) is 5.69 Å². The first-order chi connectivity index (χ1) is 9.11. The smallest absolute Gasteiger partial charge is 0.293 e. The lowest BCUT2D eigenvalue weighted by molar-refractivity contribution is -0.383. The number of aryl methyl sites for hydroxylation is 1. The van der Waals surface area contributed by atoms with Crippen molar-refractivity contribution in [3.8, 4) is 0 Å². The average Bonchev–Trinajstić information content (AvgIpc) is 2.72. The number of nitrogens with zero attached hydrogens (tertiary/aromatic N) is 2. The Morgan fingerprint density at radius 3 is 2.89 bits per heavy atom. The highest BCUT2D eigenvalue weighted by molar-refractivity contribution is 7.18. The van der Waals surface area contributed by atoms with Crippen molar-refractivity contribution in [3.63, 3.8) is 0 Å². The molecule has 1 heterocycles. The normalized spacial score (nSPS) is 10.8. The van der Waals surface area contributed by atoms with E-state index in [9.17, 15) is 10.1 Å². The first-order valence-corrected chi connectivity index (χ1v) is 7.23. The number of benzene rings is 1. The zero-order valence-corrected chi connectivity index (χ0v) is 11.9. The van der Waals surface area contributed by atoms with Crippen molar-refractivity contribution in [1.82, 2.24) is 4.98 Å². The van der Waals surface area contributed by atoms with E-state index in [2.05, 4.69) is 17.2 Å². The van der Waals surface area contributed by atoms with Gasteiger partial charge in [-0.05, 0) is 19.4 Å². The lowest BCUT2D eigenvalue weighted by Crippen LogP contribution is -2.04. The van der Waals surface area contributed by atoms with Crippen LogP contribution in [0.15, 0.2) is 12.1 Å². The Bertz CT molecular complexity index is 595. The number of hydrogen-bond donors (Lipinski definition) is 1. The summed E-state index contributed by atoms with van der Waals surface area (Å²) in [5.74, 6) is 0. The molecule has 0 saturated heterocycles. The number of aromatic nitrogens is 1.